The van der Waals surface area contributed by atoms with Crippen molar-refractivity contribution in [2.24, 2.45) is 4.99 Å². The maximum atomic E-state index is 4.25. The summed E-state index contributed by atoms with van der Waals surface area (Å²) >= 11 is 3.72. The molecule has 1 rings (SSSR count). The van der Waals surface area contributed by atoms with Gasteiger partial charge in [-0.2, -0.15) is 11.8 Å². The number of hydrogen-bond donors (Lipinski definition) is 2. The molecule has 1 atom stereocenters. The molecule has 0 saturated heterocycles. The highest BCUT2D eigenvalue weighted by molar-refractivity contribution is 7.98. The lowest BCUT2D eigenvalue weighted by molar-refractivity contribution is 0.692. The Morgan fingerprint density at radius 1 is 1.42 bits per heavy atom. The SMILES string of the molecule is CN=C(NCCCCSC)NCC(C)c1cccs1. The Kier molecular flexibility index (Phi) is 8.75. The van der Waals surface area contributed by atoms with Crippen LogP contribution in [0.5, 0.6) is 0 Å². The van der Waals surface area contributed by atoms with Crippen LogP contribution in [0, 0.1) is 0 Å². The standard InChI is InChI=1S/C14H25N3S2/c1-12(13-7-6-10-19-13)11-17-14(15-2)16-8-4-5-9-18-3/h6-7,10,12H,4-5,8-9,11H2,1-3H3,(H2,15,16,17). The second-order valence-electron chi connectivity index (χ2n) is 4.50. The van der Waals surface area contributed by atoms with Gasteiger partial charge in [0.05, 0.1) is 0 Å². The Morgan fingerprint density at radius 3 is 2.89 bits per heavy atom. The monoisotopic (exact) mass is 299 g/mol. The van der Waals surface area contributed by atoms with Crippen molar-refractivity contribution in [2.45, 2.75) is 25.7 Å². The molecule has 2 N–H and O–H groups in total. The van der Waals surface area contributed by atoms with Gasteiger partial charge in [-0.05, 0) is 36.3 Å². The molecular formula is C14H25N3S2. The van der Waals surface area contributed by atoms with Crippen LogP contribution in [-0.4, -0.2) is 38.1 Å². The van der Waals surface area contributed by atoms with Crippen LogP contribution in [0.4, 0.5) is 0 Å². The third-order valence-electron chi connectivity index (χ3n) is 2.90. The first-order valence-electron chi connectivity index (χ1n) is 6.74. The van der Waals surface area contributed by atoms with E-state index >= 15 is 0 Å². The van der Waals surface area contributed by atoms with Crippen LogP contribution in [0.3, 0.4) is 0 Å². The fourth-order valence-electron chi connectivity index (χ4n) is 1.72. The van der Waals surface area contributed by atoms with Crippen LogP contribution < -0.4 is 10.6 Å². The highest BCUT2D eigenvalue weighted by Gasteiger charge is 2.07. The summed E-state index contributed by atoms with van der Waals surface area (Å²) in [6.07, 6.45) is 4.61. The maximum absolute atomic E-state index is 4.25. The summed E-state index contributed by atoms with van der Waals surface area (Å²) in [7, 11) is 1.83. The number of unbranched alkanes of at least 4 members (excludes halogenated alkanes) is 1. The first kappa shape index (κ1) is 16.4. The molecule has 1 aromatic rings. The Balaban J connectivity index is 2.18. The molecular weight excluding hydrogens is 274 g/mol. The molecule has 0 aliphatic carbocycles. The average molecular weight is 300 g/mol. The van der Waals surface area contributed by atoms with Gasteiger partial charge in [-0.25, -0.2) is 0 Å². The lowest BCUT2D eigenvalue weighted by Crippen LogP contribution is -2.39. The van der Waals surface area contributed by atoms with Gasteiger partial charge in [-0.15, -0.1) is 11.3 Å². The Bertz CT molecular complexity index is 350. The normalized spacial score (nSPS) is 13.3. The van der Waals surface area contributed by atoms with E-state index in [1.165, 1.54) is 23.5 Å². The summed E-state index contributed by atoms with van der Waals surface area (Å²) in [4.78, 5) is 5.67. The summed E-state index contributed by atoms with van der Waals surface area (Å²) in [5.74, 6) is 2.67. The van der Waals surface area contributed by atoms with Crippen molar-refractivity contribution in [1.82, 2.24) is 10.6 Å². The van der Waals surface area contributed by atoms with E-state index in [1.54, 1.807) is 0 Å². The van der Waals surface area contributed by atoms with Crippen LogP contribution in [-0.2, 0) is 0 Å². The van der Waals surface area contributed by atoms with Gasteiger partial charge in [-0.3, -0.25) is 4.99 Å². The predicted octanol–water partition coefficient (Wildman–Crippen LogP) is 3.16. The molecule has 1 unspecified atom stereocenters. The zero-order valence-electron chi connectivity index (χ0n) is 12.1. The quantitative estimate of drug-likeness (QED) is 0.440. The van der Waals surface area contributed by atoms with Crippen molar-refractivity contribution in [2.75, 3.05) is 32.1 Å². The Labute approximate surface area is 125 Å². The minimum atomic E-state index is 0.523. The minimum Gasteiger partial charge on any atom is -0.356 e. The van der Waals surface area contributed by atoms with Crippen LogP contribution in [0.15, 0.2) is 22.5 Å². The fraction of sp³-hybridized carbons (Fsp3) is 0.643. The van der Waals surface area contributed by atoms with E-state index in [4.69, 9.17) is 0 Å². The molecule has 0 aromatic carbocycles. The number of thioether (sulfide) groups is 1. The summed E-state index contributed by atoms with van der Waals surface area (Å²) in [5, 5.41) is 8.88. The van der Waals surface area contributed by atoms with Crippen LogP contribution in [0.25, 0.3) is 0 Å². The van der Waals surface area contributed by atoms with E-state index in [0.29, 0.717) is 5.92 Å². The minimum absolute atomic E-state index is 0.523. The molecule has 0 bridgehead atoms. The number of rotatable bonds is 8. The predicted molar refractivity (Wildman–Crippen MR) is 89.7 cm³/mol. The van der Waals surface area contributed by atoms with Gasteiger partial charge >= 0.3 is 0 Å². The number of aliphatic imine (C=N–C) groups is 1. The van der Waals surface area contributed by atoms with Crippen molar-refractivity contribution in [1.29, 1.82) is 0 Å². The van der Waals surface area contributed by atoms with Crippen molar-refractivity contribution in [3.05, 3.63) is 22.4 Å². The van der Waals surface area contributed by atoms with Gasteiger partial charge in [0.2, 0.25) is 0 Å². The average Bonchev–Trinajstić information content (AvgIpc) is 2.95. The molecule has 19 heavy (non-hydrogen) atoms. The van der Waals surface area contributed by atoms with E-state index in [9.17, 15) is 0 Å². The molecule has 0 spiro atoms. The second-order valence-corrected chi connectivity index (χ2v) is 6.46. The molecule has 0 radical (unpaired) electrons. The van der Waals surface area contributed by atoms with Gasteiger partial charge in [0.25, 0.3) is 0 Å². The summed E-state index contributed by atoms with van der Waals surface area (Å²) in [6.45, 7) is 4.16. The molecule has 0 fully saturated rings. The first-order valence-corrected chi connectivity index (χ1v) is 9.02. The van der Waals surface area contributed by atoms with Gasteiger partial charge < -0.3 is 10.6 Å². The zero-order chi connectivity index (χ0) is 13.9. The van der Waals surface area contributed by atoms with E-state index < -0.39 is 0 Å². The topological polar surface area (TPSA) is 36.4 Å². The molecule has 5 heteroatoms. The Hall–Kier alpha value is -0.680. The van der Waals surface area contributed by atoms with Gasteiger partial charge in [0, 0.05) is 30.9 Å². The lowest BCUT2D eigenvalue weighted by atomic mass is 10.1. The molecule has 3 nitrogen and oxygen atoms in total. The molecule has 0 aliphatic rings. The van der Waals surface area contributed by atoms with Crippen molar-refractivity contribution in [3.63, 3.8) is 0 Å². The molecule has 108 valence electrons. The molecule has 0 saturated carbocycles. The third kappa shape index (κ3) is 6.87. The lowest BCUT2D eigenvalue weighted by Gasteiger charge is -2.15. The van der Waals surface area contributed by atoms with Gasteiger partial charge in [0.1, 0.15) is 0 Å². The van der Waals surface area contributed by atoms with Crippen LogP contribution in [0.2, 0.25) is 0 Å². The van der Waals surface area contributed by atoms with Crippen LogP contribution in [0.1, 0.15) is 30.6 Å². The summed E-state index contributed by atoms with van der Waals surface area (Å²) in [6, 6.07) is 4.30. The van der Waals surface area contributed by atoms with Crippen molar-refractivity contribution >= 4 is 29.1 Å². The highest BCUT2D eigenvalue weighted by Crippen LogP contribution is 2.19. The molecule has 0 aliphatic heterocycles. The van der Waals surface area contributed by atoms with Gasteiger partial charge in [0.15, 0.2) is 5.96 Å². The smallest absolute Gasteiger partial charge is 0.190 e. The third-order valence-corrected chi connectivity index (χ3v) is 4.70. The van der Waals surface area contributed by atoms with E-state index in [0.717, 1.165) is 19.0 Å². The van der Waals surface area contributed by atoms with E-state index in [-0.39, 0.29) is 0 Å². The first-order chi connectivity index (χ1) is 9.27. The Morgan fingerprint density at radius 2 is 2.26 bits per heavy atom. The second kappa shape index (κ2) is 10.1. The number of hydrogen-bond acceptors (Lipinski definition) is 3. The maximum Gasteiger partial charge on any atom is 0.190 e. The number of nitrogens with one attached hydrogen (secondary N) is 2. The highest BCUT2D eigenvalue weighted by atomic mass is 32.2. The fourth-order valence-corrected chi connectivity index (χ4v) is 3.00. The molecule has 1 heterocycles. The zero-order valence-corrected chi connectivity index (χ0v) is 13.7. The van der Waals surface area contributed by atoms with Crippen LogP contribution >= 0.6 is 23.1 Å². The van der Waals surface area contributed by atoms with E-state index in [2.05, 4.69) is 46.3 Å². The van der Waals surface area contributed by atoms with Gasteiger partial charge in [-0.1, -0.05) is 13.0 Å². The van der Waals surface area contributed by atoms with E-state index in [1.807, 2.05) is 30.1 Å². The number of nitrogens with zero attached hydrogens (tertiary/aromatic N) is 1. The summed E-state index contributed by atoms with van der Waals surface area (Å²) in [5.41, 5.74) is 0. The number of thiophene rings is 1. The molecule has 0 amide bonds. The largest absolute Gasteiger partial charge is 0.356 e. The van der Waals surface area contributed by atoms with Crippen molar-refractivity contribution in [3.8, 4) is 0 Å². The molecule has 1 aromatic heterocycles. The summed E-state index contributed by atoms with van der Waals surface area (Å²) < 4.78 is 0. The van der Waals surface area contributed by atoms with Crippen molar-refractivity contribution < 1.29 is 0 Å². The number of guanidine groups is 1.